The van der Waals surface area contributed by atoms with Gasteiger partial charge in [0.15, 0.2) is 0 Å². The van der Waals surface area contributed by atoms with Gasteiger partial charge in [0.05, 0.1) is 17.8 Å². The lowest BCUT2D eigenvalue weighted by atomic mass is 9.97. The van der Waals surface area contributed by atoms with E-state index in [-0.39, 0.29) is 5.92 Å². The molecule has 2 N–H and O–H groups in total. The van der Waals surface area contributed by atoms with Crippen LogP contribution in [0.3, 0.4) is 0 Å². The first kappa shape index (κ1) is 9.05. The summed E-state index contributed by atoms with van der Waals surface area (Å²) >= 11 is 0. The maximum absolute atomic E-state index is 10.7. The zero-order valence-electron chi connectivity index (χ0n) is 7.81. The van der Waals surface area contributed by atoms with Crippen LogP contribution in [0.1, 0.15) is 12.8 Å². The minimum atomic E-state index is -0.670. The number of piperidine rings is 1. The predicted molar refractivity (Wildman–Crippen MR) is 51.2 cm³/mol. The molecule has 1 aliphatic rings. The van der Waals surface area contributed by atoms with E-state index in [1.54, 1.807) is 6.20 Å². The van der Waals surface area contributed by atoms with Gasteiger partial charge in [-0.25, -0.2) is 0 Å². The van der Waals surface area contributed by atoms with Crippen molar-refractivity contribution in [2.45, 2.75) is 12.8 Å². The normalized spacial score (nSPS) is 18.4. The van der Waals surface area contributed by atoms with Crippen molar-refractivity contribution in [3.8, 4) is 0 Å². The summed E-state index contributed by atoms with van der Waals surface area (Å²) in [6, 6.07) is 0. The Hall–Kier alpha value is -1.52. The van der Waals surface area contributed by atoms with Crippen LogP contribution in [0.15, 0.2) is 12.4 Å². The molecule has 1 aliphatic heterocycles. The molecule has 0 atom stereocenters. The Morgan fingerprint density at radius 2 is 2.29 bits per heavy atom. The molecule has 1 fully saturated rings. The van der Waals surface area contributed by atoms with Crippen LogP contribution in [-0.4, -0.2) is 34.4 Å². The Labute approximate surface area is 81.7 Å². The Morgan fingerprint density at radius 1 is 1.57 bits per heavy atom. The maximum Gasteiger partial charge on any atom is 0.306 e. The van der Waals surface area contributed by atoms with Crippen LogP contribution >= 0.6 is 0 Å². The third kappa shape index (κ3) is 1.71. The molecule has 0 amide bonds. The number of aromatic nitrogens is 2. The van der Waals surface area contributed by atoms with Gasteiger partial charge in [0.25, 0.3) is 0 Å². The molecule has 5 heteroatoms. The third-order valence-corrected chi connectivity index (χ3v) is 2.69. The van der Waals surface area contributed by atoms with Crippen molar-refractivity contribution in [3.05, 3.63) is 12.4 Å². The van der Waals surface area contributed by atoms with Crippen molar-refractivity contribution in [2.75, 3.05) is 18.0 Å². The van der Waals surface area contributed by atoms with E-state index in [0.717, 1.165) is 31.6 Å². The number of rotatable bonds is 2. The lowest BCUT2D eigenvalue weighted by molar-refractivity contribution is -0.142. The molecule has 0 unspecified atom stereocenters. The zero-order valence-corrected chi connectivity index (χ0v) is 7.81. The molecule has 0 aliphatic carbocycles. The predicted octanol–water partition coefficient (Wildman–Crippen LogP) is 0.711. The van der Waals surface area contributed by atoms with Crippen LogP contribution in [-0.2, 0) is 4.79 Å². The van der Waals surface area contributed by atoms with E-state index in [1.165, 1.54) is 0 Å². The topological polar surface area (TPSA) is 69.2 Å². The molecule has 0 spiro atoms. The molecule has 2 rings (SSSR count). The number of carboxylic acids is 1. The average molecular weight is 195 g/mol. The maximum atomic E-state index is 10.7. The number of hydrogen-bond acceptors (Lipinski definition) is 3. The van der Waals surface area contributed by atoms with Crippen molar-refractivity contribution in [3.63, 3.8) is 0 Å². The molecule has 1 saturated heterocycles. The number of nitrogens with zero attached hydrogens (tertiary/aromatic N) is 2. The second kappa shape index (κ2) is 3.69. The number of aliphatic carboxylic acids is 1. The summed E-state index contributed by atoms with van der Waals surface area (Å²) in [6.07, 6.45) is 5.04. The van der Waals surface area contributed by atoms with Gasteiger partial charge in [0.1, 0.15) is 0 Å². The monoisotopic (exact) mass is 195 g/mol. The largest absolute Gasteiger partial charge is 0.481 e. The van der Waals surface area contributed by atoms with Crippen LogP contribution in [0.4, 0.5) is 5.69 Å². The van der Waals surface area contributed by atoms with Gasteiger partial charge >= 0.3 is 5.97 Å². The Bertz CT molecular complexity index is 302. The number of anilines is 1. The summed E-state index contributed by atoms with van der Waals surface area (Å²) in [7, 11) is 0. The third-order valence-electron chi connectivity index (χ3n) is 2.69. The fourth-order valence-electron chi connectivity index (χ4n) is 1.80. The van der Waals surface area contributed by atoms with Gasteiger partial charge in [-0.15, -0.1) is 0 Å². The van der Waals surface area contributed by atoms with E-state index in [2.05, 4.69) is 15.1 Å². The molecule has 14 heavy (non-hydrogen) atoms. The number of H-pyrrole nitrogens is 1. The van der Waals surface area contributed by atoms with Crippen molar-refractivity contribution in [2.24, 2.45) is 5.92 Å². The molecule has 0 saturated carbocycles. The fraction of sp³-hybridized carbons (Fsp3) is 0.556. The van der Waals surface area contributed by atoms with Crippen LogP contribution in [0.25, 0.3) is 0 Å². The van der Waals surface area contributed by atoms with Crippen LogP contribution < -0.4 is 4.90 Å². The number of aromatic amines is 1. The van der Waals surface area contributed by atoms with Gasteiger partial charge in [0.2, 0.25) is 0 Å². The van der Waals surface area contributed by atoms with E-state index in [1.807, 2.05) is 6.20 Å². The molecular weight excluding hydrogens is 182 g/mol. The van der Waals surface area contributed by atoms with Gasteiger partial charge in [-0.2, -0.15) is 5.10 Å². The molecule has 76 valence electrons. The smallest absolute Gasteiger partial charge is 0.306 e. The summed E-state index contributed by atoms with van der Waals surface area (Å²) in [5.41, 5.74) is 1.05. The van der Waals surface area contributed by atoms with Crippen molar-refractivity contribution >= 4 is 11.7 Å². The van der Waals surface area contributed by atoms with Crippen LogP contribution in [0.5, 0.6) is 0 Å². The standard InChI is InChI=1S/C9H13N3O2/c13-9(14)7-1-3-12(4-2-7)8-5-10-11-6-8/h5-7H,1-4H2,(H,10,11)(H,13,14). The van der Waals surface area contributed by atoms with Gasteiger partial charge in [-0.3, -0.25) is 9.89 Å². The Balaban J connectivity index is 1.93. The molecule has 1 aromatic rings. The number of carboxylic acid groups (broad SMARTS) is 1. The van der Waals surface area contributed by atoms with Gasteiger partial charge in [-0.05, 0) is 12.8 Å². The highest BCUT2D eigenvalue weighted by molar-refractivity contribution is 5.70. The van der Waals surface area contributed by atoms with Crippen molar-refractivity contribution in [1.82, 2.24) is 10.2 Å². The molecule has 0 radical (unpaired) electrons. The quantitative estimate of drug-likeness (QED) is 0.729. The van der Waals surface area contributed by atoms with E-state index >= 15 is 0 Å². The highest BCUT2D eigenvalue weighted by Gasteiger charge is 2.24. The molecule has 0 bridgehead atoms. The Morgan fingerprint density at radius 3 is 2.79 bits per heavy atom. The van der Waals surface area contributed by atoms with Crippen LogP contribution in [0, 0.1) is 5.92 Å². The molecule has 1 aromatic heterocycles. The minimum absolute atomic E-state index is 0.168. The SMILES string of the molecule is O=C(O)C1CCN(c2cn[nH]c2)CC1. The lowest BCUT2D eigenvalue weighted by Crippen LogP contribution is -2.36. The van der Waals surface area contributed by atoms with E-state index < -0.39 is 5.97 Å². The molecule has 2 heterocycles. The summed E-state index contributed by atoms with van der Waals surface area (Å²) in [5.74, 6) is -0.838. The molecule has 0 aromatic carbocycles. The highest BCUT2D eigenvalue weighted by Crippen LogP contribution is 2.21. The second-order valence-corrected chi connectivity index (χ2v) is 3.56. The Kier molecular flexibility index (Phi) is 2.39. The van der Waals surface area contributed by atoms with Gasteiger partial charge in [-0.1, -0.05) is 0 Å². The summed E-state index contributed by atoms with van der Waals surface area (Å²) < 4.78 is 0. The summed E-state index contributed by atoms with van der Waals surface area (Å²) in [6.45, 7) is 1.60. The first-order valence-electron chi connectivity index (χ1n) is 4.74. The van der Waals surface area contributed by atoms with E-state index in [4.69, 9.17) is 5.11 Å². The van der Waals surface area contributed by atoms with Crippen LogP contribution in [0.2, 0.25) is 0 Å². The highest BCUT2D eigenvalue weighted by atomic mass is 16.4. The van der Waals surface area contributed by atoms with Gasteiger partial charge in [0, 0.05) is 19.3 Å². The van der Waals surface area contributed by atoms with Crippen molar-refractivity contribution < 1.29 is 9.90 Å². The molecule has 5 nitrogen and oxygen atoms in total. The van der Waals surface area contributed by atoms with E-state index in [0.29, 0.717) is 0 Å². The van der Waals surface area contributed by atoms with Gasteiger partial charge < -0.3 is 10.0 Å². The van der Waals surface area contributed by atoms with Crippen molar-refractivity contribution in [1.29, 1.82) is 0 Å². The first-order valence-corrected chi connectivity index (χ1v) is 4.74. The zero-order chi connectivity index (χ0) is 9.97. The lowest BCUT2D eigenvalue weighted by Gasteiger charge is -2.30. The summed E-state index contributed by atoms with van der Waals surface area (Å²) in [4.78, 5) is 12.9. The van der Waals surface area contributed by atoms with E-state index in [9.17, 15) is 4.79 Å². The average Bonchev–Trinajstić information content (AvgIpc) is 2.71. The minimum Gasteiger partial charge on any atom is -0.481 e. The number of hydrogen-bond donors (Lipinski definition) is 2. The summed E-state index contributed by atoms with van der Waals surface area (Å²) in [5, 5.41) is 15.4. The number of nitrogens with one attached hydrogen (secondary N) is 1. The number of carbonyl (C=O) groups is 1. The second-order valence-electron chi connectivity index (χ2n) is 3.56. The molecular formula is C9H13N3O2. The fourth-order valence-corrected chi connectivity index (χ4v) is 1.80. The first-order chi connectivity index (χ1) is 6.77.